The van der Waals surface area contributed by atoms with Crippen molar-refractivity contribution in [2.75, 3.05) is 6.54 Å². The number of aryl methyl sites for hydroxylation is 1. The maximum absolute atomic E-state index is 12.4. The third kappa shape index (κ3) is 2.34. The Kier molecular flexibility index (Phi) is 3.30. The van der Waals surface area contributed by atoms with Crippen LogP contribution in [-0.4, -0.2) is 17.3 Å². The van der Waals surface area contributed by atoms with Gasteiger partial charge in [-0.2, -0.15) is 0 Å². The van der Waals surface area contributed by atoms with Crippen molar-refractivity contribution in [2.24, 2.45) is 11.1 Å². The summed E-state index contributed by atoms with van der Waals surface area (Å²) in [5.41, 5.74) is 8.62. The maximum Gasteiger partial charge on any atom is 0.163 e. The van der Waals surface area contributed by atoms with Crippen LogP contribution in [0.4, 0.5) is 0 Å². The zero-order chi connectivity index (χ0) is 14.2. The first-order valence-electron chi connectivity index (χ1n) is 7.23. The minimum Gasteiger partial charge on any atom is -0.330 e. The van der Waals surface area contributed by atoms with Crippen LogP contribution in [0, 0.1) is 12.3 Å². The van der Waals surface area contributed by atoms with Crippen molar-refractivity contribution in [3.8, 4) is 0 Å². The number of Topliss-reactive ketones (excluding diaryl/α,β-unsaturated/α-hetero) is 1. The average Bonchev–Trinajstić information content (AvgIpc) is 2.42. The third-order valence-corrected chi connectivity index (χ3v) is 4.53. The summed E-state index contributed by atoms with van der Waals surface area (Å²) in [5, 5.41) is 1.02. The second kappa shape index (κ2) is 4.98. The van der Waals surface area contributed by atoms with Gasteiger partial charge in [-0.15, -0.1) is 0 Å². The first-order valence-corrected chi connectivity index (χ1v) is 7.23. The van der Waals surface area contributed by atoms with Crippen LogP contribution in [0.3, 0.4) is 0 Å². The van der Waals surface area contributed by atoms with Gasteiger partial charge in [0, 0.05) is 23.1 Å². The van der Waals surface area contributed by atoms with E-state index >= 15 is 0 Å². The molecule has 2 aromatic rings. The van der Waals surface area contributed by atoms with Gasteiger partial charge < -0.3 is 5.73 Å². The number of hydrogen-bond acceptors (Lipinski definition) is 3. The average molecular weight is 268 g/mol. The molecule has 3 nitrogen and oxygen atoms in total. The fraction of sp³-hybridized carbons (Fsp3) is 0.412. The monoisotopic (exact) mass is 268 g/mol. The molecule has 1 fully saturated rings. The minimum atomic E-state index is 0.0670. The van der Waals surface area contributed by atoms with Crippen molar-refractivity contribution in [3.63, 3.8) is 0 Å². The number of fused-ring (bicyclic) bond motifs is 1. The molecule has 0 amide bonds. The van der Waals surface area contributed by atoms with E-state index in [2.05, 4.69) is 4.98 Å². The Morgan fingerprint density at radius 1 is 1.30 bits per heavy atom. The third-order valence-electron chi connectivity index (χ3n) is 4.53. The topological polar surface area (TPSA) is 56.0 Å². The van der Waals surface area contributed by atoms with Gasteiger partial charge in [0.1, 0.15) is 0 Å². The quantitative estimate of drug-likeness (QED) is 0.866. The van der Waals surface area contributed by atoms with Gasteiger partial charge in [-0.25, -0.2) is 0 Å². The number of ketones is 1. The Hall–Kier alpha value is -1.74. The normalized spacial score (nSPS) is 16.9. The van der Waals surface area contributed by atoms with Gasteiger partial charge >= 0.3 is 0 Å². The summed E-state index contributed by atoms with van der Waals surface area (Å²) in [7, 11) is 0. The summed E-state index contributed by atoms with van der Waals surface area (Å²) >= 11 is 0. The van der Waals surface area contributed by atoms with Gasteiger partial charge in [-0.05, 0) is 56.0 Å². The van der Waals surface area contributed by atoms with E-state index in [1.54, 1.807) is 0 Å². The number of pyridine rings is 1. The summed E-state index contributed by atoms with van der Waals surface area (Å²) in [6.07, 6.45) is 3.95. The lowest BCUT2D eigenvalue weighted by Gasteiger charge is -2.40. The van der Waals surface area contributed by atoms with E-state index < -0.39 is 0 Å². The van der Waals surface area contributed by atoms with E-state index in [1.165, 1.54) is 6.42 Å². The van der Waals surface area contributed by atoms with Gasteiger partial charge in [-0.3, -0.25) is 9.78 Å². The van der Waals surface area contributed by atoms with Crippen molar-refractivity contribution in [1.29, 1.82) is 0 Å². The number of hydrogen-bond donors (Lipinski definition) is 1. The smallest absolute Gasteiger partial charge is 0.163 e. The highest BCUT2D eigenvalue weighted by Crippen LogP contribution is 2.43. The Balaban J connectivity index is 1.86. The Morgan fingerprint density at radius 2 is 2.10 bits per heavy atom. The van der Waals surface area contributed by atoms with Crippen LogP contribution in [0.5, 0.6) is 0 Å². The number of carbonyl (C=O) groups is 1. The lowest BCUT2D eigenvalue weighted by Crippen LogP contribution is -2.39. The summed E-state index contributed by atoms with van der Waals surface area (Å²) in [4.78, 5) is 16.9. The molecule has 0 atom stereocenters. The van der Waals surface area contributed by atoms with Crippen LogP contribution in [-0.2, 0) is 0 Å². The van der Waals surface area contributed by atoms with Crippen molar-refractivity contribution in [3.05, 3.63) is 41.6 Å². The first-order chi connectivity index (χ1) is 9.62. The molecule has 0 unspecified atom stereocenters. The van der Waals surface area contributed by atoms with E-state index in [1.807, 2.05) is 37.3 Å². The fourth-order valence-corrected chi connectivity index (χ4v) is 2.97. The number of aromatic nitrogens is 1. The number of nitrogens with zero attached hydrogens (tertiary/aromatic N) is 1. The van der Waals surface area contributed by atoms with Gasteiger partial charge in [0.2, 0.25) is 0 Å². The molecule has 1 heterocycles. The van der Waals surface area contributed by atoms with Crippen LogP contribution < -0.4 is 5.73 Å². The summed E-state index contributed by atoms with van der Waals surface area (Å²) in [6.45, 7) is 2.59. The predicted octanol–water partition coefficient (Wildman–Crippen LogP) is 3.25. The Bertz CT molecular complexity index is 654. The molecule has 1 saturated carbocycles. The van der Waals surface area contributed by atoms with E-state index in [-0.39, 0.29) is 11.2 Å². The van der Waals surface area contributed by atoms with Crippen LogP contribution in [0.25, 0.3) is 10.9 Å². The van der Waals surface area contributed by atoms with Crippen molar-refractivity contribution in [1.82, 2.24) is 4.98 Å². The highest BCUT2D eigenvalue weighted by atomic mass is 16.1. The molecule has 0 radical (unpaired) electrons. The van der Waals surface area contributed by atoms with Crippen molar-refractivity contribution >= 4 is 16.7 Å². The van der Waals surface area contributed by atoms with E-state index in [9.17, 15) is 4.79 Å². The molecule has 1 aromatic carbocycles. The SMILES string of the molecule is Cc1ccc2cc(C(=O)CC3(CN)CCC3)ccc2n1. The molecular weight excluding hydrogens is 248 g/mol. The second-order valence-electron chi connectivity index (χ2n) is 6.02. The largest absolute Gasteiger partial charge is 0.330 e. The second-order valence-corrected chi connectivity index (χ2v) is 6.02. The van der Waals surface area contributed by atoms with E-state index in [4.69, 9.17) is 5.73 Å². The lowest BCUT2D eigenvalue weighted by molar-refractivity contribution is 0.0786. The molecule has 3 rings (SSSR count). The molecule has 0 saturated heterocycles. The Labute approximate surface area is 119 Å². The van der Waals surface area contributed by atoms with E-state index in [0.717, 1.165) is 35.0 Å². The summed E-state index contributed by atoms with van der Waals surface area (Å²) < 4.78 is 0. The molecule has 104 valence electrons. The Morgan fingerprint density at radius 3 is 2.75 bits per heavy atom. The van der Waals surface area contributed by atoms with Gasteiger partial charge in [0.05, 0.1) is 5.52 Å². The van der Waals surface area contributed by atoms with Crippen LogP contribution in [0.1, 0.15) is 41.7 Å². The molecule has 0 bridgehead atoms. The van der Waals surface area contributed by atoms with Crippen LogP contribution in [0.2, 0.25) is 0 Å². The highest BCUT2D eigenvalue weighted by molar-refractivity contribution is 5.99. The standard InChI is InChI=1S/C17H20N2O/c1-12-3-4-13-9-14(5-6-15(13)19-12)16(20)10-17(11-18)7-2-8-17/h3-6,9H,2,7-8,10-11,18H2,1H3. The molecule has 2 N–H and O–H groups in total. The van der Waals surface area contributed by atoms with Gasteiger partial charge in [-0.1, -0.05) is 12.5 Å². The summed E-state index contributed by atoms with van der Waals surface area (Å²) in [5.74, 6) is 0.206. The maximum atomic E-state index is 12.4. The molecule has 1 aliphatic carbocycles. The zero-order valence-electron chi connectivity index (χ0n) is 11.9. The zero-order valence-corrected chi connectivity index (χ0v) is 11.9. The van der Waals surface area contributed by atoms with Crippen molar-refractivity contribution < 1.29 is 4.79 Å². The van der Waals surface area contributed by atoms with Gasteiger partial charge in [0.25, 0.3) is 0 Å². The summed E-state index contributed by atoms with van der Waals surface area (Å²) in [6, 6.07) is 9.78. The molecule has 3 heteroatoms. The highest BCUT2D eigenvalue weighted by Gasteiger charge is 2.37. The number of carbonyl (C=O) groups excluding carboxylic acids is 1. The number of nitrogens with two attached hydrogens (primary N) is 1. The van der Waals surface area contributed by atoms with Crippen molar-refractivity contribution in [2.45, 2.75) is 32.6 Å². The molecule has 1 aliphatic rings. The molecular formula is C17H20N2O. The minimum absolute atomic E-state index is 0.0670. The van der Waals surface area contributed by atoms with E-state index in [0.29, 0.717) is 13.0 Å². The lowest BCUT2D eigenvalue weighted by atomic mass is 9.65. The predicted molar refractivity (Wildman–Crippen MR) is 80.8 cm³/mol. The van der Waals surface area contributed by atoms with Crippen LogP contribution in [0.15, 0.2) is 30.3 Å². The molecule has 0 aliphatic heterocycles. The molecule has 1 aromatic heterocycles. The number of rotatable bonds is 4. The molecule has 20 heavy (non-hydrogen) atoms. The fourth-order valence-electron chi connectivity index (χ4n) is 2.97. The van der Waals surface area contributed by atoms with Gasteiger partial charge in [0.15, 0.2) is 5.78 Å². The number of benzene rings is 1. The van der Waals surface area contributed by atoms with Crippen LogP contribution >= 0.6 is 0 Å². The molecule has 0 spiro atoms. The first kappa shape index (κ1) is 13.3.